The number of benzene rings is 2. The molecular formula is C18H18Cl2N4O2S2. The smallest absolute Gasteiger partial charge is 0.214 e. The summed E-state index contributed by atoms with van der Waals surface area (Å²) in [5.41, 5.74) is 1.51. The monoisotopic (exact) mass is 456 g/mol. The molecule has 0 amide bonds. The summed E-state index contributed by atoms with van der Waals surface area (Å²) >= 11 is 16.9. The first kappa shape index (κ1) is 20.9. The van der Waals surface area contributed by atoms with Gasteiger partial charge in [-0.1, -0.05) is 47.5 Å². The van der Waals surface area contributed by atoms with Crippen molar-refractivity contribution in [3.63, 3.8) is 0 Å². The minimum absolute atomic E-state index is 0.0725. The van der Waals surface area contributed by atoms with Crippen molar-refractivity contribution in [1.82, 2.24) is 14.9 Å². The summed E-state index contributed by atoms with van der Waals surface area (Å²) in [4.78, 5) is 0. The molecule has 0 bridgehead atoms. The number of nitrogens with zero attached hydrogens (tertiary/aromatic N) is 2. The maximum Gasteiger partial charge on any atom is 0.214 e. The summed E-state index contributed by atoms with van der Waals surface area (Å²) in [6.07, 6.45) is 0.311. The second-order valence-corrected chi connectivity index (χ2v) is 9.82. The highest BCUT2D eigenvalue weighted by Gasteiger charge is 2.24. The molecule has 0 radical (unpaired) electrons. The second kappa shape index (κ2) is 8.65. The Morgan fingerprint density at radius 1 is 1.07 bits per heavy atom. The zero-order chi connectivity index (χ0) is 20.3. The molecule has 10 heteroatoms. The molecule has 148 valence electrons. The lowest BCUT2D eigenvalue weighted by atomic mass is 9.97. The van der Waals surface area contributed by atoms with E-state index >= 15 is 0 Å². The molecule has 0 saturated carbocycles. The molecule has 28 heavy (non-hydrogen) atoms. The Balaban J connectivity index is 1.87. The molecule has 0 fully saturated rings. The van der Waals surface area contributed by atoms with Crippen molar-refractivity contribution < 1.29 is 8.42 Å². The van der Waals surface area contributed by atoms with Crippen molar-refractivity contribution in [1.29, 1.82) is 0 Å². The zero-order valence-corrected chi connectivity index (χ0v) is 17.8. The minimum Gasteiger partial charge on any atom is -0.335 e. The number of nitrogens with two attached hydrogens (primary N) is 1. The van der Waals surface area contributed by atoms with Crippen molar-refractivity contribution >= 4 is 45.3 Å². The maximum absolute atomic E-state index is 12.9. The molecule has 2 aromatic carbocycles. The first-order chi connectivity index (χ1) is 13.2. The third kappa shape index (κ3) is 5.35. The summed E-state index contributed by atoms with van der Waals surface area (Å²) in [5, 5.41) is 7.86. The second-order valence-electron chi connectivity index (χ2n) is 6.45. The number of nitrogens with one attached hydrogen (secondary N) is 1. The van der Waals surface area contributed by atoms with E-state index in [1.54, 1.807) is 36.4 Å². The number of hydrogen-bond acceptors (Lipinski definition) is 5. The number of aromatic nitrogens is 3. The van der Waals surface area contributed by atoms with Gasteiger partial charge >= 0.3 is 0 Å². The van der Waals surface area contributed by atoms with Crippen LogP contribution in [0.25, 0.3) is 0 Å². The summed E-state index contributed by atoms with van der Waals surface area (Å²) in [6.45, 7) is 0. The quantitative estimate of drug-likeness (QED) is 0.415. The molecule has 1 atom stereocenters. The van der Waals surface area contributed by atoms with Crippen LogP contribution in [0.3, 0.4) is 0 Å². The van der Waals surface area contributed by atoms with Gasteiger partial charge in [0.2, 0.25) is 4.77 Å². The minimum atomic E-state index is -3.42. The summed E-state index contributed by atoms with van der Waals surface area (Å²) < 4.78 is 27.3. The van der Waals surface area contributed by atoms with Crippen LogP contribution in [0, 0.1) is 4.77 Å². The van der Waals surface area contributed by atoms with Gasteiger partial charge in [-0.3, -0.25) is 5.10 Å². The normalized spacial score (nSPS) is 12.8. The number of sulfone groups is 1. The average Bonchev–Trinajstić information content (AvgIpc) is 2.95. The van der Waals surface area contributed by atoms with Crippen LogP contribution in [0.2, 0.25) is 10.0 Å². The average molecular weight is 457 g/mol. The zero-order valence-electron chi connectivity index (χ0n) is 14.7. The van der Waals surface area contributed by atoms with Gasteiger partial charge in [-0.05, 0) is 47.6 Å². The molecule has 0 aliphatic carbocycles. The highest BCUT2D eigenvalue weighted by Crippen LogP contribution is 2.25. The Bertz CT molecular complexity index is 1110. The molecule has 1 unspecified atom stereocenters. The van der Waals surface area contributed by atoms with Gasteiger partial charge in [0, 0.05) is 22.4 Å². The number of hydrogen-bond donors (Lipinski definition) is 2. The third-order valence-corrected chi connectivity index (χ3v) is 6.78. The van der Waals surface area contributed by atoms with E-state index in [1.165, 1.54) is 4.68 Å². The maximum atomic E-state index is 12.9. The van der Waals surface area contributed by atoms with Crippen molar-refractivity contribution in [2.24, 2.45) is 0 Å². The van der Waals surface area contributed by atoms with E-state index in [2.05, 4.69) is 10.2 Å². The van der Waals surface area contributed by atoms with Crippen LogP contribution >= 0.6 is 35.4 Å². The van der Waals surface area contributed by atoms with E-state index in [0.717, 1.165) is 5.56 Å². The summed E-state index contributed by atoms with van der Waals surface area (Å²) in [6, 6.07) is 13.9. The molecule has 0 saturated heterocycles. The van der Waals surface area contributed by atoms with E-state index in [4.69, 9.17) is 41.3 Å². The Kier molecular flexibility index (Phi) is 6.44. The van der Waals surface area contributed by atoms with Gasteiger partial charge in [0.15, 0.2) is 15.7 Å². The Morgan fingerprint density at radius 2 is 1.64 bits per heavy atom. The van der Waals surface area contributed by atoms with E-state index in [0.29, 0.717) is 27.9 Å². The lowest BCUT2D eigenvalue weighted by molar-refractivity contribution is 0.582. The van der Waals surface area contributed by atoms with Gasteiger partial charge in [0.1, 0.15) is 0 Å². The van der Waals surface area contributed by atoms with Gasteiger partial charge in [0.25, 0.3) is 0 Å². The number of aromatic amines is 1. The molecule has 3 N–H and O–H groups in total. The van der Waals surface area contributed by atoms with Crippen LogP contribution in [0.1, 0.15) is 22.9 Å². The van der Waals surface area contributed by atoms with E-state index in [9.17, 15) is 8.42 Å². The Labute approximate surface area is 178 Å². The molecule has 3 rings (SSSR count). The van der Waals surface area contributed by atoms with E-state index in [-0.39, 0.29) is 22.2 Å². The molecule has 3 aromatic rings. The molecular weight excluding hydrogens is 439 g/mol. The fraction of sp³-hybridized carbons (Fsp3) is 0.222. The van der Waals surface area contributed by atoms with Crippen LogP contribution in [0.15, 0.2) is 48.5 Å². The highest BCUT2D eigenvalue weighted by atomic mass is 35.5. The van der Waals surface area contributed by atoms with E-state index in [1.807, 2.05) is 12.1 Å². The Hall–Kier alpha value is -1.87. The van der Waals surface area contributed by atoms with Gasteiger partial charge in [-0.15, -0.1) is 0 Å². The fourth-order valence-corrected chi connectivity index (χ4v) is 5.05. The molecule has 1 aromatic heterocycles. The fourth-order valence-electron chi connectivity index (χ4n) is 2.91. The molecule has 6 nitrogen and oxygen atoms in total. The van der Waals surface area contributed by atoms with Crippen LogP contribution < -0.4 is 5.84 Å². The van der Waals surface area contributed by atoms with Crippen LogP contribution in [-0.4, -0.2) is 29.0 Å². The summed E-state index contributed by atoms with van der Waals surface area (Å²) in [5.74, 6) is 5.86. The van der Waals surface area contributed by atoms with Crippen LogP contribution in [0.4, 0.5) is 0 Å². The number of halogens is 2. The van der Waals surface area contributed by atoms with Crippen molar-refractivity contribution in [2.45, 2.75) is 18.1 Å². The first-order valence-electron chi connectivity index (χ1n) is 8.35. The Morgan fingerprint density at radius 3 is 2.18 bits per heavy atom. The molecule has 0 aliphatic heterocycles. The largest absolute Gasteiger partial charge is 0.335 e. The van der Waals surface area contributed by atoms with Gasteiger partial charge in [-0.25, -0.2) is 13.1 Å². The van der Waals surface area contributed by atoms with Crippen LogP contribution in [-0.2, 0) is 22.0 Å². The van der Waals surface area contributed by atoms with Gasteiger partial charge < -0.3 is 5.84 Å². The van der Waals surface area contributed by atoms with Crippen molar-refractivity contribution in [2.75, 3.05) is 11.6 Å². The third-order valence-electron chi connectivity index (χ3n) is 4.30. The number of H-pyrrole nitrogens is 1. The lowest BCUT2D eigenvalue weighted by Gasteiger charge is -2.17. The molecule has 0 aliphatic rings. The van der Waals surface area contributed by atoms with Crippen molar-refractivity contribution in [3.8, 4) is 0 Å². The standard InChI is InChI=1S/C18H18Cl2N4O2S2/c19-15-5-1-12(2-6-15)10-28(25,26)11-14(13-3-7-16(20)8-4-13)9-17-22-23-18(27)24(17)21/h1-8,14H,9-11,21H2,(H,23,27). The number of rotatable bonds is 7. The van der Waals surface area contributed by atoms with Gasteiger partial charge in [0.05, 0.1) is 11.5 Å². The topological polar surface area (TPSA) is 93.8 Å². The van der Waals surface area contributed by atoms with Crippen LogP contribution in [0.5, 0.6) is 0 Å². The van der Waals surface area contributed by atoms with E-state index < -0.39 is 9.84 Å². The van der Waals surface area contributed by atoms with Crippen molar-refractivity contribution in [3.05, 3.63) is 80.3 Å². The first-order valence-corrected chi connectivity index (χ1v) is 11.3. The predicted octanol–water partition coefficient (Wildman–Crippen LogP) is 3.90. The summed E-state index contributed by atoms with van der Waals surface area (Å²) in [7, 11) is -3.42. The molecule has 1 heterocycles. The highest BCUT2D eigenvalue weighted by molar-refractivity contribution is 7.90. The van der Waals surface area contributed by atoms with Gasteiger partial charge in [-0.2, -0.15) is 5.10 Å². The SMILES string of the molecule is Nn1c(CC(CS(=O)(=O)Cc2ccc(Cl)cc2)c2ccc(Cl)cc2)n[nH]c1=S. The molecule has 0 spiro atoms. The number of nitrogen functional groups attached to an aromatic ring is 1. The predicted molar refractivity (Wildman–Crippen MR) is 114 cm³/mol. The lowest BCUT2D eigenvalue weighted by Crippen LogP contribution is -2.22.